The Morgan fingerprint density at radius 2 is 2.05 bits per heavy atom. The summed E-state index contributed by atoms with van der Waals surface area (Å²) in [4.78, 5) is 25.1. The van der Waals surface area contributed by atoms with E-state index < -0.39 is 5.97 Å². The Bertz CT molecular complexity index is 626. The van der Waals surface area contributed by atoms with Crippen LogP contribution in [0.2, 0.25) is 0 Å². The van der Waals surface area contributed by atoms with Crippen molar-refractivity contribution in [2.45, 2.75) is 25.7 Å². The summed E-state index contributed by atoms with van der Waals surface area (Å²) in [6.45, 7) is 1.19. The van der Waals surface area contributed by atoms with Crippen LogP contribution in [0, 0.1) is 17.2 Å². The number of hydrogen-bond acceptors (Lipinski definition) is 2. The molecule has 1 N–H and O–H groups in total. The minimum atomic E-state index is -0.719. The van der Waals surface area contributed by atoms with Gasteiger partial charge in [-0.2, -0.15) is 0 Å². The van der Waals surface area contributed by atoms with Crippen LogP contribution in [0.4, 0.5) is 4.39 Å². The molecule has 0 radical (unpaired) electrons. The number of hydrogen-bond donors (Lipinski definition) is 1. The predicted molar refractivity (Wildman–Crippen MR) is 81.8 cm³/mol. The molecule has 3 rings (SSSR count). The van der Waals surface area contributed by atoms with Crippen LogP contribution in [-0.2, 0) is 16.0 Å². The van der Waals surface area contributed by atoms with Gasteiger partial charge in [0.15, 0.2) is 0 Å². The van der Waals surface area contributed by atoms with Crippen molar-refractivity contribution >= 4 is 27.8 Å². The van der Waals surface area contributed by atoms with Crippen LogP contribution in [0.25, 0.3) is 0 Å². The first-order valence-electron chi connectivity index (χ1n) is 7.36. The van der Waals surface area contributed by atoms with Gasteiger partial charge in [0, 0.05) is 17.6 Å². The second-order valence-electron chi connectivity index (χ2n) is 6.25. The molecule has 1 saturated heterocycles. The van der Waals surface area contributed by atoms with E-state index >= 15 is 0 Å². The molecule has 1 atom stereocenters. The maximum atomic E-state index is 13.3. The quantitative estimate of drug-likeness (QED) is 0.890. The molecular formula is C16H17BrFNO3. The van der Waals surface area contributed by atoms with E-state index in [-0.39, 0.29) is 29.5 Å². The van der Waals surface area contributed by atoms with Crippen molar-refractivity contribution in [2.24, 2.45) is 11.3 Å². The number of carboxylic acids is 1. The fourth-order valence-electron chi connectivity index (χ4n) is 3.40. The molecule has 1 unspecified atom stereocenters. The van der Waals surface area contributed by atoms with Gasteiger partial charge in [-0.15, -0.1) is 0 Å². The zero-order valence-electron chi connectivity index (χ0n) is 12.0. The molecule has 22 heavy (non-hydrogen) atoms. The van der Waals surface area contributed by atoms with Gasteiger partial charge in [0.05, 0.1) is 12.3 Å². The van der Waals surface area contributed by atoms with E-state index in [9.17, 15) is 14.0 Å². The summed E-state index contributed by atoms with van der Waals surface area (Å²) in [7, 11) is 0. The van der Waals surface area contributed by atoms with Gasteiger partial charge < -0.3 is 10.0 Å². The SMILES string of the molecule is O=C(O)C1CC12CCN(C(=O)Cc1cc(F)ccc1Br)CC2. The first-order chi connectivity index (χ1) is 10.4. The highest BCUT2D eigenvalue weighted by molar-refractivity contribution is 9.10. The van der Waals surface area contributed by atoms with Crippen LogP contribution >= 0.6 is 15.9 Å². The second-order valence-corrected chi connectivity index (χ2v) is 7.10. The Hall–Kier alpha value is -1.43. The van der Waals surface area contributed by atoms with Crippen molar-refractivity contribution in [3.05, 3.63) is 34.1 Å². The lowest BCUT2D eigenvalue weighted by Gasteiger charge is -2.32. The van der Waals surface area contributed by atoms with Gasteiger partial charge in [0.2, 0.25) is 5.91 Å². The van der Waals surface area contributed by atoms with Crippen molar-refractivity contribution in [3.63, 3.8) is 0 Å². The van der Waals surface area contributed by atoms with E-state index in [1.807, 2.05) is 0 Å². The lowest BCUT2D eigenvalue weighted by molar-refractivity contribution is -0.139. The van der Waals surface area contributed by atoms with Crippen LogP contribution in [0.5, 0.6) is 0 Å². The van der Waals surface area contributed by atoms with Gasteiger partial charge in [-0.3, -0.25) is 9.59 Å². The summed E-state index contributed by atoms with van der Waals surface area (Å²) >= 11 is 3.33. The molecule has 1 aromatic carbocycles. The first kappa shape index (κ1) is 15.5. The number of carbonyl (C=O) groups is 2. The number of nitrogens with zero attached hydrogens (tertiary/aromatic N) is 1. The van der Waals surface area contributed by atoms with Gasteiger partial charge in [0.25, 0.3) is 0 Å². The molecule has 1 heterocycles. The summed E-state index contributed by atoms with van der Waals surface area (Å²) in [5.41, 5.74) is 0.558. The minimum absolute atomic E-state index is 0.0336. The van der Waals surface area contributed by atoms with E-state index in [0.717, 1.165) is 23.7 Å². The maximum Gasteiger partial charge on any atom is 0.307 e. The molecule has 0 aromatic heterocycles. The third-order valence-electron chi connectivity index (χ3n) is 4.95. The van der Waals surface area contributed by atoms with Gasteiger partial charge in [-0.1, -0.05) is 15.9 Å². The Kier molecular flexibility index (Phi) is 3.97. The zero-order valence-corrected chi connectivity index (χ0v) is 13.6. The molecule has 1 aromatic rings. The zero-order chi connectivity index (χ0) is 15.9. The number of piperidine rings is 1. The molecular weight excluding hydrogens is 353 g/mol. The second kappa shape index (κ2) is 5.65. The molecule has 1 aliphatic carbocycles. The minimum Gasteiger partial charge on any atom is -0.481 e. The summed E-state index contributed by atoms with van der Waals surface area (Å²) in [5, 5.41) is 9.08. The number of halogens is 2. The lowest BCUT2D eigenvalue weighted by Crippen LogP contribution is -2.40. The van der Waals surface area contributed by atoms with Crippen LogP contribution in [-0.4, -0.2) is 35.0 Å². The highest BCUT2D eigenvalue weighted by Gasteiger charge is 2.59. The smallest absolute Gasteiger partial charge is 0.307 e. The average Bonchev–Trinajstić information content (AvgIpc) is 3.18. The maximum absolute atomic E-state index is 13.3. The largest absolute Gasteiger partial charge is 0.481 e. The Labute approximate surface area is 136 Å². The van der Waals surface area contributed by atoms with Crippen molar-refractivity contribution in [3.8, 4) is 0 Å². The van der Waals surface area contributed by atoms with Crippen LogP contribution in [0.15, 0.2) is 22.7 Å². The summed E-state index contributed by atoms with van der Waals surface area (Å²) in [6, 6.07) is 4.32. The molecule has 118 valence electrons. The van der Waals surface area contributed by atoms with Crippen LogP contribution < -0.4 is 0 Å². The van der Waals surface area contributed by atoms with Gasteiger partial charge >= 0.3 is 5.97 Å². The van der Waals surface area contributed by atoms with Crippen molar-refractivity contribution in [1.29, 1.82) is 0 Å². The molecule has 1 spiro atoms. The van der Waals surface area contributed by atoms with Crippen molar-refractivity contribution in [2.75, 3.05) is 13.1 Å². The normalized spacial score (nSPS) is 22.6. The summed E-state index contributed by atoms with van der Waals surface area (Å²) < 4.78 is 14.0. The monoisotopic (exact) mass is 369 g/mol. The highest BCUT2D eigenvalue weighted by Crippen LogP contribution is 2.59. The molecule has 1 saturated carbocycles. The van der Waals surface area contributed by atoms with E-state index in [2.05, 4.69) is 15.9 Å². The third kappa shape index (κ3) is 2.89. The van der Waals surface area contributed by atoms with Crippen molar-refractivity contribution < 1.29 is 19.1 Å². The summed E-state index contributed by atoms with van der Waals surface area (Å²) in [5.74, 6) is -1.34. The molecule has 0 bridgehead atoms. The Morgan fingerprint density at radius 3 is 2.64 bits per heavy atom. The number of carbonyl (C=O) groups excluding carboxylic acids is 1. The van der Waals surface area contributed by atoms with Crippen LogP contribution in [0.3, 0.4) is 0 Å². The number of aliphatic carboxylic acids is 1. The third-order valence-corrected chi connectivity index (χ3v) is 5.72. The van der Waals surface area contributed by atoms with E-state index in [1.54, 1.807) is 11.0 Å². The van der Waals surface area contributed by atoms with Gasteiger partial charge in [0.1, 0.15) is 5.82 Å². The fourth-order valence-corrected chi connectivity index (χ4v) is 3.79. The predicted octanol–water partition coefficient (Wildman–Crippen LogP) is 2.84. The number of rotatable bonds is 3. The van der Waals surface area contributed by atoms with E-state index in [4.69, 9.17) is 5.11 Å². The fraction of sp³-hybridized carbons (Fsp3) is 0.500. The number of likely N-dealkylation sites (tertiary alicyclic amines) is 1. The number of benzene rings is 1. The van der Waals surface area contributed by atoms with E-state index in [1.165, 1.54) is 12.1 Å². The molecule has 4 nitrogen and oxygen atoms in total. The molecule has 1 amide bonds. The standard InChI is InChI=1S/C16H17BrFNO3/c17-13-2-1-11(18)7-10(13)8-14(20)19-5-3-16(4-6-19)9-12(16)15(21)22/h1-2,7,12H,3-6,8-9H2,(H,21,22). The average molecular weight is 370 g/mol. The van der Waals surface area contributed by atoms with Crippen molar-refractivity contribution in [1.82, 2.24) is 4.90 Å². The molecule has 2 fully saturated rings. The lowest BCUT2D eigenvalue weighted by atomic mass is 9.90. The highest BCUT2D eigenvalue weighted by atomic mass is 79.9. The molecule has 2 aliphatic rings. The first-order valence-corrected chi connectivity index (χ1v) is 8.15. The molecule has 1 aliphatic heterocycles. The Morgan fingerprint density at radius 1 is 1.36 bits per heavy atom. The van der Waals surface area contributed by atoms with E-state index in [0.29, 0.717) is 18.7 Å². The van der Waals surface area contributed by atoms with Gasteiger partial charge in [-0.25, -0.2) is 4.39 Å². The topological polar surface area (TPSA) is 57.6 Å². The number of carboxylic acid groups (broad SMARTS) is 1. The molecule has 6 heteroatoms. The van der Waals surface area contributed by atoms with Crippen LogP contribution in [0.1, 0.15) is 24.8 Å². The van der Waals surface area contributed by atoms with Gasteiger partial charge in [-0.05, 0) is 48.4 Å². The summed E-state index contributed by atoms with van der Waals surface area (Å²) in [6.07, 6.45) is 2.40. The Balaban J connectivity index is 1.59. The number of amides is 1.